The number of piperidine rings is 1. The first-order chi connectivity index (χ1) is 12.9. The van der Waals surface area contributed by atoms with Gasteiger partial charge in [0.15, 0.2) is 0 Å². The molecule has 0 unspecified atom stereocenters. The molecule has 1 fully saturated rings. The summed E-state index contributed by atoms with van der Waals surface area (Å²) in [5, 5.41) is 0. The van der Waals surface area contributed by atoms with E-state index >= 15 is 0 Å². The van der Waals surface area contributed by atoms with Crippen LogP contribution in [0.4, 0.5) is 5.69 Å². The van der Waals surface area contributed by atoms with Crippen LogP contribution in [0.2, 0.25) is 0 Å². The monoisotopic (exact) mass is 386 g/mol. The van der Waals surface area contributed by atoms with Gasteiger partial charge in [-0.2, -0.15) is 0 Å². The van der Waals surface area contributed by atoms with Gasteiger partial charge in [0.05, 0.1) is 10.6 Å². The number of hydrogen-bond acceptors (Lipinski definition) is 3. The molecule has 0 radical (unpaired) electrons. The summed E-state index contributed by atoms with van der Waals surface area (Å²) in [6, 6.07) is 13.6. The van der Waals surface area contributed by atoms with Gasteiger partial charge in [0.25, 0.3) is 15.9 Å². The first-order valence-electron chi connectivity index (χ1n) is 9.39. The van der Waals surface area contributed by atoms with Crippen LogP contribution in [0.25, 0.3) is 0 Å². The highest BCUT2D eigenvalue weighted by molar-refractivity contribution is 7.92. The molecule has 3 rings (SSSR count). The Morgan fingerprint density at radius 2 is 1.59 bits per heavy atom. The molecule has 1 N–H and O–H groups in total. The second kappa shape index (κ2) is 8.13. The van der Waals surface area contributed by atoms with E-state index in [4.69, 9.17) is 0 Å². The van der Waals surface area contributed by atoms with Crippen LogP contribution in [0.1, 0.15) is 54.9 Å². The lowest BCUT2D eigenvalue weighted by molar-refractivity contribution is 0.0724. The van der Waals surface area contributed by atoms with E-state index in [1.807, 2.05) is 36.9 Å². The Morgan fingerprint density at radius 3 is 2.22 bits per heavy atom. The van der Waals surface area contributed by atoms with Gasteiger partial charge >= 0.3 is 0 Å². The number of para-hydroxylation sites is 1. The van der Waals surface area contributed by atoms with Crippen molar-refractivity contribution in [3.05, 3.63) is 59.7 Å². The normalized spacial score (nSPS) is 15.0. The number of carbonyl (C=O) groups is 1. The molecule has 1 aliphatic heterocycles. The van der Waals surface area contributed by atoms with Gasteiger partial charge in [0, 0.05) is 18.7 Å². The summed E-state index contributed by atoms with van der Waals surface area (Å²) in [4.78, 5) is 14.5. The number of nitrogens with one attached hydrogen (secondary N) is 1. The standard InChI is InChI=1S/C21H26N2O3S/c1-16(2)19-8-4-5-9-20(19)22-27(25,26)18-12-10-17(11-13-18)21(24)23-14-6-3-7-15-23/h4-5,8-13,16,22H,3,6-7,14-15H2,1-2H3. The van der Waals surface area contributed by atoms with E-state index in [-0.39, 0.29) is 16.7 Å². The van der Waals surface area contributed by atoms with E-state index in [0.717, 1.165) is 37.9 Å². The summed E-state index contributed by atoms with van der Waals surface area (Å²) in [6.07, 6.45) is 3.21. The number of sulfonamides is 1. The van der Waals surface area contributed by atoms with E-state index in [1.54, 1.807) is 18.2 Å². The zero-order valence-corrected chi connectivity index (χ0v) is 16.6. The van der Waals surface area contributed by atoms with Gasteiger partial charge in [-0.3, -0.25) is 9.52 Å². The highest BCUT2D eigenvalue weighted by Crippen LogP contribution is 2.26. The fourth-order valence-electron chi connectivity index (χ4n) is 3.35. The average Bonchev–Trinajstić information content (AvgIpc) is 2.68. The maximum Gasteiger partial charge on any atom is 0.261 e. The third kappa shape index (κ3) is 4.50. The average molecular weight is 387 g/mol. The summed E-state index contributed by atoms with van der Waals surface area (Å²) >= 11 is 0. The zero-order valence-electron chi connectivity index (χ0n) is 15.8. The molecular weight excluding hydrogens is 360 g/mol. The van der Waals surface area contributed by atoms with Crippen molar-refractivity contribution in [1.82, 2.24) is 4.90 Å². The second-order valence-electron chi connectivity index (χ2n) is 7.22. The number of nitrogens with zero attached hydrogens (tertiary/aromatic N) is 1. The number of hydrogen-bond donors (Lipinski definition) is 1. The van der Waals surface area contributed by atoms with E-state index < -0.39 is 10.0 Å². The molecule has 0 aliphatic carbocycles. The molecule has 0 spiro atoms. The molecule has 0 aromatic heterocycles. The lowest BCUT2D eigenvalue weighted by Crippen LogP contribution is -2.35. The van der Waals surface area contributed by atoms with Crippen LogP contribution < -0.4 is 4.72 Å². The number of benzene rings is 2. The van der Waals surface area contributed by atoms with Crippen LogP contribution in [-0.4, -0.2) is 32.3 Å². The minimum atomic E-state index is -3.71. The number of rotatable bonds is 5. The third-order valence-electron chi connectivity index (χ3n) is 4.88. The molecule has 5 nitrogen and oxygen atoms in total. The Labute approximate surface area is 161 Å². The first kappa shape index (κ1) is 19.4. The summed E-state index contributed by atoms with van der Waals surface area (Å²) < 4.78 is 28.2. The Hall–Kier alpha value is -2.34. The predicted octanol–water partition coefficient (Wildman–Crippen LogP) is 4.24. The predicted molar refractivity (Wildman–Crippen MR) is 108 cm³/mol. The van der Waals surface area contributed by atoms with E-state index in [1.165, 1.54) is 12.1 Å². The van der Waals surface area contributed by atoms with Crippen LogP contribution in [0, 0.1) is 0 Å². The van der Waals surface area contributed by atoms with Crippen LogP contribution in [-0.2, 0) is 10.0 Å². The highest BCUT2D eigenvalue weighted by Gasteiger charge is 2.20. The largest absolute Gasteiger partial charge is 0.339 e. The van der Waals surface area contributed by atoms with Crippen LogP contribution >= 0.6 is 0 Å². The molecule has 0 saturated carbocycles. The van der Waals surface area contributed by atoms with Gasteiger partial charge in [0.2, 0.25) is 0 Å². The van der Waals surface area contributed by atoms with E-state index in [2.05, 4.69) is 4.72 Å². The first-order valence-corrected chi connectivity index (χ1v) is 10.9. The summed E-state index contributed by atoms with van der Waals surface area (Å²) in [7, 11) is -3.71. The molecule has 1 saturated heterocycles. The molecule has 2 aromatic rings. The highest BCUT2D eigenvalue weighted by atomic mass is 32.2. The van der Waals surface area contributed by atoms with Crippen molar-refractivity contribution in [3.63, 3.8) is 0 Å². The summed E-state index contributed by atoms with van der Waals surface area (Å²) in [6.45, 7) is 5.58. The lowest BCUT2D eigenvalue weighted by atomic mass is 10.0. The second-order valence-corrected chi connectivity index (χ2v) is 8.91. The Morgan fingerprint density at radius 1 is 0.963 bits per heavy atom. The molecule has 1 heterocycles. The summed E-state index contributed by atoms with van der Waals surface area (Å²) in [5.41, 5.74) is 2.05. The lowest BCUT2D eigenvalue weighted by Gasteiger charge is -2.26. The number of amides is 1. The van der Waals surface area contributed by atoms with Gasteiger partial charge in [-0.25, -0.2) is 8.42 Å². The van der Waals surface area contributed by atoms with Gasteiger partial charge in [-0.1, -0.05) is 32.0 Å². The number of likely N-dealkylation sites (tertiary alicyclic amines) is 1. The molecule has 2 aromatic carbocycles. The SMILES string of the molecule is CC(C)c1ccccc1NS(=O)(=O)c1ccc(C(=O)N2CCCCC2)cc1. The number of anilines is 1. The van der Waals surface area contributed by atoms with Gasteiger partial charge in [0.1, 0.15) is 0 Å². The molecular formula is C21H26N2O3S. The Kier molecular flexibility index (Phi) is 5.85. The molecule has 27 heavy (non-hydrogen) atoms. The number of carbonyl (C=O) groups excluding carboxylic acids is 1. The molecule has 0 atom stereocenters. The zero-order chi connectivity index (χ0) is 19.4. The fraction of sp³-hybridized carbons (Fsp3) is 0.381. The molecule has 1 aliphatic rings. The van der Waals surface area contributed by atoms with Crippen LogP contribution in [0.5, 0.6) is 0 Å². The van der Waals surface area contributed by atoms with E-state index in [9.17, 15) is 13.2 Å². The summed E-state index contributed by atoms with van der Waals surface area (Å²) in [5.74, 6) is 0.171. The van der Waals surface area contributed by atoms with Gasteiger partial charge < -0.3 is 4.90 Å². The third-order valence-corrected chi connectivity index (χ3v) is 6.26. The van der Waals surface area contributed by atoms with Gasteiger partial charge in [-0.15, -0.1) is 0 Å². The maximum atomic E-state index is 12.8. The van der Waals surface area contributed by atoms with Crippen LogP contribution in [0.15, 0.2) is 53.4 Å². The minimum absolute atomic E-state index is 0.0308. The Bertz CT molecular complexity index is 899. The van der Waals surface area contributed by atoms with E-state index in [0.29, 0.717) is 11.3 Å². The molecule has 144 valence electrons. The topological polar surface area (TPSA) is 66.5 Å². The minimum Gasteiger partial charge on any atom is -0.339 e. The van der Waals surface area contributed by atoms with Crippen molar-refractivity contribution in [3.8, 4) is 0 Å². The smallest absolute Gasteiger partial charge is 0.261 e. The van der Waals surface area contributed by atoms with Crippen molar-refractivity contribution in [2.75, 3.05) is 17.8 Å². The quantitative estimate of drug-likeness (QED) is 0.836. The molecule has 6 heteroatoms. The van der Waals surface area contributed by atoms with Gasteiger partial charge in [-0.05, 0) is 61.1 Å². The van der Waals surface area contributed by atoms with Crippen molar-refractivity contribution in [2.45, 2.75) is 43.9 Å². The molecule has 1 amide bonds. The van der Waals surface area contributed by atoms with Crippen molar-refractivity contribution in [2.24, 2.45) is 0 Å². The van der Waals surface area contributed by atoms with Crippen molar-refractivity contribution < 1.29 is 13.2 Å². The van der Waals surface area contributed by atoms with Crippen molar-refractivity contribution >= 4 is 21.6 Å². The Balaban J connectivity index is 1.79. The van der Waals surface area contributed by atoms with Crippen molar-refractivity contribution in [1.29, 1.82) is 0 Å². The molecule has 0 bridgehead atoms. The van der Waals surface area contributed by atoms with Crippen LogP contribution in [0.3, 0.4) is 0 Å². The fourth-order valence-corrected chi connectivity index (χ4v) is 4.44. The maximum absolute atomic E-state index is 12.8.